The predicted octanol–water partition coefficient (Wildman–Crippen LogP) is 3.90. The number of carbonyl (C=O) groups is 1. The monoisotopic (exact) mass is 368 g/mol. The number of nitrogens with zero attached hydrogens (tertiary/aromatic N) is 1. The molecule has 1 amide bonds. The summed E-state index contributed by atoms with van der Waals surface area (Å²) >= 11 is 0.240. The number of ether oxygens (including phenoxy) is 2. The summed E-state index contributed by atoms with van der Waals surface area (Å²) in [7, 11) is 3.07. The van der Waals surface area contributed by atoms with E-state index in [-0.39, 0.29) is 22.4 Å². The number of aromatic nitrogens is 1. The Bertz CT molecular complexity index is 744. The fourth-order valence-electron chi connectivity index (χ4n) is 2.27. The van der Waals surface area contributed by atoms with Gasteiger partial charge < -0.3 is 14.8 Å². The van der Waals surface area contributed by atoms with Crippen molar-refractivity contribution in [3.63, 3.8) is 0 Å². The van der Waals surface area contributed by atoms with Crippen molar-refractivity contribution >= 4 is 17.7 Å². The highest BCUT2D eigenvalue weighted by molar-refractivity contribution is 7.99. The zero-order valence-corrected chi connectivity index (χ0v) is 14.8. The molecule has 0 aliphatic heterocycles. The normalized spacial score (nSPS) is 11.9. The first kappa shape index (κ1) is 19.0. The van der Waals surface area contributed by atoms with Gasteiger partial charge in [-0.2, -0.15) is 8.78 Å². The molecular formula is C17H18F2N2O3S. The van der Waals surface area contributed by atoms with Crippen LogP contribution in [0.5, 0.6) is 11.5 Å². The number of hydrogen-bond donors (Lipinski definition) is 1. The summed E-state index contributed by atoms with van der Waals surface area (Å²) in [4.78, 5) is 16.4. The van der Waals surface area contributed by atoms with Gasteiger partial charge in [0.2, 0.25) is 0 Å². The van der Waals surface area contributed by atoms with E-state index in [4.69, 9.17) is 9.47 Å². The molecule has 0 saturated heterocycles. The Labute approximate surface area is 148 Å². The van der Waals surface area contributed by atoms with Crippen LogP contribution in [0.3, 0.4) is 0 Å². The minimum Gasteiger partial charge on any atom is -0.497 e. The van der Waals surface area contributed by atoms with Crippen molar-refractivity contribution in [2.75, 3.05) is 14.2 Å². The molecule has 0 fully saturated rings. The van der Waals surface area contributed by atoms with Crippen LogP contribution in [0.25, 0.3) is 0 Å². The van der Waals surface area contributed by atoms with Crippen LogP contribution in [-0.2, 0) is 0 Å². The first-order chi connectivity index (χ1) is 12.0. The molecule has 0 aliphatic carbocycles. The molecule has 1 aromatic heterocycles. The molecule has 2 aromatic rings. The number of methoxy groups -OCH3 is 2. The standard InChI is InChI=1S/C17H18F2N2O3S/c1-10(13-9-11(23-2)6-7-14(13)24-3)21-15(22)12-5-4-8-20-16(12)25-17(18)19/h4-10,17H,1-3H3,(H,21,22)/t10-/m0/s1. The lowest BCUT2D eigenvalue weighted by Gasteiger charge is -2.19. The fourth-order valence-corrected chi connectivity index (χ4v) is 2.85. The van der Waals surface area contributed by atoms with Gasteiger partial charge in [-0.1, -0.05) is 0 Å². The van der Waals surface area contributed by atoms with E-state index in [1.165, 1.54) is 32.5 Å². The molecule has 0 bridgehead atoms. The topological polar surface area (TPSA) is 60.5 Å². The zero-order chi connectivity index (χ0) is 18.4. The van der Waals surface area contributed by atoms with E-state index in [1.807, 2.05) is 0 Å². The molecule has 134 valence electrons. The third kappa shape index (κ3) is 4.82. The number of benzene rings is 1. The van der Waals surface area contributed by atoms with E-state index in [9.17, 15) is 13.6 Å². The smallest absolute Gasteiger partial charge is 0.290 e. The maximum absolute atomic E-state index is 12.6. The van der Waals surface area contributed by atoms with Crippen molar-refractivity contribution in [2.45, 2.75) is 23.7 Å². The van der Waals surface area contributed by atoms with Gasteiger partial charge in [-0.05, 0) is 49.0 Å². The van der Waals surface area contributed by atoms with Crippen LogP contribution >= 0.6 is 11.8 Å². The summed E-state index contributed by atoms with van der Waals surface area (Å²) in [6, 6.07) is 7.79. The van der Waals surface area contributed by atoms with E-state index >= 15 is 0 Å². The highest BCUT2D eigenvalue weighted by Gasteiger charge is 2.20. The van der Waals surface area contributed by atoms with E-state index in [0.717, 1.165) is 0 Å². The largest absolute Gasteiger partial charge is 0.497 e. The number of alkyl halides is 2. The van der Waals surface area contributed by atoms with E-state index < -0.39 is 17.7 Å². The number of amides is 1. The highest BCUT2D eigenvalue weighted by Crippen LogP contribution is 2.30. The second-order valence-electron chi connectivity index (χ2n) is 5.04. The Morgan fingerprint density at radius 3 is 2.64 bits per heavy atom. The Morgan fingerprint density at radius 2 is 2.00 bits per heavy atom. The zero-order valence-electron chi connectivity index (χ0n) is 14.0. The Hall–Kier alpha value is -2.35. The number of pyridine rings is 1. The fraction of sp³-hybridized carbons (Fsp3) is 0.294. The molecule has 5 nitrogen and oxygen atoms in total. The number of hydrogen-bond acceptors (Lipinski definition) is 5. The van der Waals surface area contributed by atoms with Crippen molar-refractivity contribution in [1.82, 2.24) is 10.3 Å². The molecule has 0 spiro atoms. The molecule has 0 radical (unpaired) electrons. The third-order valence-electron chi connectivity index (χ3n) is 3.47. The molecule has 0 aliphatic rings. The quantitative estimate of drug-likeness (QED) is 0.751. The summed E-state index contributed by atoms with van der Waals surface area (Å²) in [6.45, 7) is 1.77. The van der Waals surface area contributed by atoms with E-state index in [2.05, 4.69) is 10.3 Å². The highest BCUT2D eigenvalue weighted by atomic mass is 32.2. The third-order valence-corrected chi connectivity index (χ3v) is 4.19. The summed E-state index contributed by atoms with van der Waals surface area (Å²) in [5, 5.41) is 2.77. The number of thioether (sulfide) groups is 1. The number of carbonyl (C=O) groups excluding carboxylic acids is 1. The first-order valence-electron chi connectivity index (χ1n) is 7.39. The van der Waals surface area contributed by atoms with Crippen LogP contribution in [0.15, 0.2) is 41.6 Å². The van der Waals surface area contributed by atoms with Crippen LogP contribution in [0.4, 0.5) is 8.78 Å². The molecule has 1 N–H and O–H groups in total. The van der Waals surface area contributed by atoms with Gasteiger partial charge in [-0.25, -0.2) is 4.98 Å². The van der Waals surface area contributed by atoms with Crippen molar-refractivity contribution in [2.24, 2.45) is 0 Å². The van der Waals surface area contributed by atoms with Crippen LogP contribution in [0.2, 0.25) is 0 Å². The summed E-state index contributed by atoms with van der Waals surface area (Å²) in [6.07, 6.45) is 1.37. The van der Waals surface area contributed by atoms with Gasteiger partial charge >= 0.3 is 0 Å². The number of rotatable bonds is 7. The lowest BCUT2D eigenvalue weighted by atomic mass is 10.1. The lowest BCUT2D eigenvalue weighted by molar-refractivity contribution is 0.0935. The van der Waals surface area contributed by atoms with Crippen molar-refractivity contribution in [3.05, 3.63) is 47.7 Å². The maximum Gasteiger partial charge on any atom is 0.290 e. The van der Waals surface area contributed by atoms with Gasteiger partial charge in [0, 0.05) is 11.8 Å². The average Bonchev–Trinajstić information content (AvgIpc) is 2.60. The molecule has 0 unspecified atom stereocenters. The van der Waals surface area contributed by atoms with Crippen LogP contribution in [0.1, 0.15) is 28.9 Å². The van der Waals surface area contributed by atoms with Crippen LogP contribution < -0.4 is 14.8 Å². The molecular weight excluding hydrogens is 350 g/mol. The summed E-state index contributed by atoms with van der Waals surface area (Å²) in [5.41, 5.74) is 0.809. The summed E-state index contributed by atoms with van der Waals surface area (Å²) in [5.74, 6) is -1.94. The van der Waals surface area contributed by atoms with E-state index in [1.54, 1.807) is 25.1 Å². The molecule has 1 heterocycles. The number of nitrogens with one attached hydrogen (secondary N) is 1. The van der Waals surface area contributed by atoms with Gasteiger partial charge in [0.25, 0.3) is 11.7 Å². The maximum atomic E-state index is 12.6. The Kier molecular flexibility index (Phi) is 6.58. The van der Waals surface area contributed by atoms with Gasteiger partial charge in [-0.15, -0.1) is 0 Å². The van der Waals surface area contributed by atoms with Crippen molar-refractivity contribution in [1.29, 1.82) is 0 Å². The first-order valence-corrected chi connectivity index (χ1v) is 8.26. The SMILES string of the molecule is COc1ccc(OC)c([C@H](C)NC(=O)c2cccnc2SC(F)F)c1. The van der Waals surface area contributed by atoms with Gasteiger partial charge in [0.05, 0.1) is 25.8 Å². The van der Waals surface area contributed by atoms with Gasteiger partial charge in [-0.3, -0.25) is 4.79 Å². The van der Waals surface area contributed by atoms with Gasteiger partial charge in [0.1, 0.15) is 16.5 Å². The van der Waals surface area contributed by atoms with Crippen molar-refractivity contribution in [3.8, 4) is 11.5 Å². The van der Waals surface area contributed by atoms with E-state index in [0.29, 0.717) is 17.1 Å². The van der Waals surface area contributed by atoms with Gasteiger partial charge in [0.15, 0.2) is 0 Å². The Balaban J connectivity index is 2.24. The average molecular weight is 368 g/mol. The molecule has 8 heteroatoms. The second-order valence-corrected chi connectivity index (χ2v) is 6.02. The minimum atomic E-state index is -2.66. The molecule has 1 atom stereocenters. The van der Waals surface area contributed by atoms with Crippen LogP contribution in [-0.4, -0.2) is 30.9 Å². The summed E-state index contributed by atoms with van der Waals surface area (Å²) < 4.78 is 35.8. The number of halogens is 2. The lowest BCUT2D eigenvalue weighted by Crippen LogP contribution is -2.27. The minimum absolute atomic E-state index is 0.0141. The Morgan fingerprint density at radius 1 is 1.24 bits per heavy atom. The predicted molar refractivity (Wildman–Crippen MR) is 91.5 cm³/mol. The molecule has 25 heavy (non-hydrogen) atoms. The molecule has 2 rings (SSSR count). The second kappa shape index (κ2) is 8.66. The molecule has 0 saturated carbocycles. The van der Waals surface area contributed by atoms with Crippen LogP contribution in [0, 0.1) is 0 Å². The molecule has 1 aromatic carbocycles. The van der Waals surface area contributed by atoms with Crippen molar-refractivity contribution < 1.29 is 23.0 Å².